The van der Waals surface area contributed by atoms with Crippen molar-refractivity contribution in [1.29, 1.82) is 0 Å². The van der Waals surface area contributed by atoms with Crippen molar-refractivity contribution in [2.45, 2.75) is 30.0 Å². The second-order valence-corrected chi connectivity index (χ2v) is 7.65. The number of sulfonamides is 1. The zero-order chi connectivity index (χ0) is 15.1. The van der Waals surface area contributed by atoms with Crippen molar-refractivity contribution in [3.63, 3.8) is 0 Å². The van der Waals surface area contributed by atoms with Crippen LogP contribution in [-0.4, -0.2) is 31.5 Å². The molecule has 1 saturated carbocycles. The smallest absolute Gasteiger partial charge is 0.207 e. The average Bonchev–Trinajstić information content (AvgIpc) is 3.07. The van der Waals surface area contributed by atoms with E-state index in [-0.39, 0.29) is 9.92 Å². The maximum Gasteiger partial charge on any atom is 0.402 e. The van der Waals surface area contributed by atoms with E-state index in [2.05, 4.69) is 15.9 Å². The van der Waals surface area contributed by atoms with Crippen LogP contribution in [0.2, 0.25) is 5.02 Å². The van der Waals surface area contributed by atoms with E-state index in [1.54, 1.807) is 0 Å². The monoisotopic (exact) mass is 391 g/mol. The second-order valence-electron chi connectivity index (χ2n) is 4.47. The fraction of sp³-hybridized carbons (Fsp3) is 0.455. The van der Waals surface area contributed by atoms with Crippen molar-refractivity contribution in [1.82, 2.24) is 4.31 Å². The molecule has 0 aromatic heterocycles. The summed E-state index contributed by atoms with van der Waals surface area (Å²) in [4.78, 5) is -0.307. The van der Waals surface area contributed by atoms with Crippen LogP contribution in [0.1, 0.15) is 12.8 Å². The van der Waals surface area contributed by atoms with Crippen molar-refractivity contribution >= 4 is 37.6 Å². The van der Waals surface area contributed by atoms with Gasteiger partial charge in [-0.1, -0.05) is 27.5 Å². The lowest BCUT2D eigenvalue weighted by atomic mass is 10.4. The summed E-state index contributed by atoms with van der Waals surface area (Å²) in [7, 11) is -4.26. The quantitative estimate of drug-likeness (QED) is 0.781. The summed E-state index contributed by atoms with van der Waals surface area (Å²) >= 11 is 8.95. The molecule has 0 N–H and O–H groups in total. The summed E-state index contributed by atoms with van der Waals surface area (Å²) < 4.78 is 63.4. The fourth-order valence-electron chi connectivity index (χ4n) is 1.76. The third-order valence-electron chi connectivity index (χ3n) is 2.77. The molecule has 0 heterocycles. The Hall–Kier alpha value is -0.310. The number of halogens is 5. The number of benzene rings is 1. The van der Waals surface area contributed by atoms with Crippen LogP contribution in [0.3, 0.4) is 0 Å². The molecule has 0 amide bonds. The van der Waals surface area contributed by atoms with Crippen LogP contribution in [0.15, 0.2) is 27.6 Å². The van der Waals surface area contributed by atoms with E-state index in [1.165, 1.54) is 18.2 Å². The summed E-state index contributed by atoms with van der Waals surface area (Å²) in [5.41, 5.74) is 0. The predicted octanol–water partition coefficient (Wildman–Crippen LogP) is 3.82. The van der Waals surface area contributed by atoms with Crippen LogP contribution in [0.5, 0.6) is 0 Å². The van der Waals surface area contributed by atoms with Crippen molar-refractivity contribution in [3.8, 4) is 0 Å². The van der Waals surface area contributed by atoms with E-state index in [9.17, 15) is 21.6 Å². The van der Waals surface area contributed by atoms with Gasteiger partial charge in [-0.25, -0.2) is 8.42 Å². The molecule has 0 unspecified atom stereocenters. The highest BCUT2D eigenvalue weighted by molar-refractivity contribution is 9.10. The van der Waals surface area contributed by atoms with Gasteiger partial charge in [-0.2, -0.15) is 17.5 Å². The van der Waals surface area contributed by atoms with E-state index in [4.69, 9.17) is 11.6 Å². The van der Waals surface area contributed by atoms with Crippen molar-refractivity contribution in [2.24, 2.45) is 0 Å². The maximum absolute atomic E-state index is 12.6. The van der Waals surface area contributed by atoms with Crippen molar-refractivity contribution in [2.75, 3.05) is 6.54 Å². The summed E-state index contributed by atoms with van der Waals surface area (Å²) in [5.74, 6) is 0. The molecule has 0 bridgehead atoms. The highest BCUT2D eigenvalue weighted by Gasteiger charge is 2.45. The van der Waals surface area contributed by atoms with E-state index in [0.29, 0.717) is 21.6 Å². The molecule has 0 atom stereocenters. The molecule has 112 valence electrons. The van der Waals surface area contributed by atoms with Gasteiger partial charge in [-0.05, 0) is 31.0 Å². The minimum atomic E-state index is -4.59. The molecule has 2 rings (SSSR count). The molecule has 0 saturated heterocycles. The van der Waals surface area contributed by atoms with E-state index in [1.807, 2.05) is 0 Å². The third kappa shape index (κ3) is 3.66. The van der Waals surface area contributed by atoms with E-state index in [0.717, 1.165) is 0 Å². The molecule has 1 aromatic carbocycles. The second kappa shape index (κ2) is 5.47. The molecule has 1 aliphatic carbocycles. The molecule has 0 radical (unpaired) electrons. The van der Waals surface area contributed by atoms with Gasteiger partial charge in [0, 0.05) is 10.5 Å². The van der Waals surface area contributed by atoms with Crippen molar-refractivity contribution < 1.29 is 21.6 Å². The largest absolute Gasteiger partial charge is 0.402 e. The number of alkyl halides is 3. The molecule has 20 heavy (non-hydrogen) atoms. The Balaban J connectivity index is 2.40. The van der Waals surface area contributed by atoms with Crippen molar-refractivity contribution in [3.05, 3.63) is 27.7 Å². The highest BCUT2D eigenvalue weighted by atomic mass is 79.9. The van der Waals surface area contributed by atoms with Gasteiger partial charge in [-0.3, -0.25) is 0 Å². The number of rotatable bonds is 4. The first-order chi connectivity index (χ1) is 9.11. The molecule has 1 fully saturated rings. The Morgan fingerprint density at radius 2 is 1.95 bits per heavy atom. The van der Waals surface area contributed by atoms with Gasteiger partial charge in [0.05, 0.1) is 5.02 Å². The van der Waals surface area contributed by atoms with Crippen LogP contribution in [0.25, 0.3) is 0 Å². The Morgan fingerprint density at radius 1 is 1.35 bits per heavy atom. The molecular weight excluding hydrogens is 383 g/mol. The average molecular weight is 393 g/mol. The zero-order valence-corrected chi connectivity index (χ0v) is 13.2. The van der Waals surface area contributed by atoms with Gasteiger partial charge in [-0.15, -0.1) is 0 Å². The van der Waals surface area contributed by atoms with Gasteiger partial charge in [0.1, 0.15) is 11.4 Å². The van der Waals surface area contributed by atoms with Gasteiger partial charge >= 0.3 is 6.18 Å². The molecule has 9 heteroatoms. The van der Waals surface area contributed by atoms with E-state index < -0.39 is 28.8 Å². The first-order valence-electron chi connectivity index (χ1n) is 5.65. The SMILES string of the molecule is O=S(=O)(c1ccc(Br)cc1Cl)N(CC(F)(F)F)C1CC1. The number of nitrogens with zero attached hydrogens (tertiary/aromatic N) is 1. The van der Waals surface area contributed by atoms with Crippen LogP contribution in [-0.2, 0) is 10.0 Å². The Labute approximate surface area is 127 Å². The summed E-state index contributed by atoms with van der Waals surface area (Å²) in [6.45, 7) is -1.49. The Morgan fingerprint density at radius 3 is 2.40 bits per heavy atom. The van der Waals surface area contributed by atoms with Crippen LogP contribution in [0, 0.1) is 0 Å². The van der Waals surface area contributed by atoms with E-state index >= 15 is 0 Å². The normalized spacial score (nSPS) is 16.7. The van der Waals surface area contributed by atoms with Gasteiger partial charge < -0.3 is 0 Å². The molecule has 0 aliphatic heterocycles. The van der Waals surface area contributed by atoms with Gasteiger partial charge in [0.25, 0.3) is 0 Å². The minimum absolute atomic E-state index is 0.104. The van der Waals surface area contributed by atoms with Gasteiger partial charge in [0.15, 0.2) is 0 Å². The number of hydrogen-bond acceptors (Lipinski definition) is 2. The fourth-order valence-corrected chi connectivity index (χ4v) is 4.44. The molecule has 1 aromatic rings. The Kier molecular flexibility index (Phi) is 4.40. The lowest BCUT2D eigenvalue weighted by molar-refractivity contribution is -0.137. The lowest BCUT2D eigenvalue weighted by Gasteiger charge is -2.23. The number of hydrogen-bond donors (Lipinski definition) is 0. The first kappa shape index (κ1) is 16.1. The summed E-state index contributed by atoms with van der Waals surface area (Å²) in [5, 5.41) is -0.104. The highest BCUT2D eigenvalue weighted by Crippen LogP contribution is 2.37. The zero-order valence-electron chi connectivity index (χ0n) is 9.99. The van der Waals surface area contributed by atoms with Crippen LogP contribution < -0.4 is 0 Å². The first-order valence-corrected chi connectivity index (χ1v) is 8.26. The molecular formula is C11H10BrClF3NO2S. The third-order valence-corrected chi connectivity index (χ3v) is 5.64. The minimum Gasteiger partial charge on any atom is -0.207 e. The Bertz CT molecular complexity index is 617. The van der Waals surface area contributed by atoms with Crippen LogP contribution >= 0.6 is 27.5 Å². The predicted molar refractivity (Wildman–Crippen MR) is 72.1 cm³/mol. The maximum atomic E-state index is 12.6. The van der Waals surface area contributed by atoms with Gasteiger partial charge in [0.2, 0.25) is 10.0 Å². The summed E-state index contributed by atoms with van der Waals surface area (Å²) in [6.07, 6.45) is -3.72. The lowest BCUT2D eigenvalue weighted by Crippen LogP contribution is -2.40. The summed E-state index contributed by atoms with van der Waals surface area (Å²) in [6, 6.07) is 3.37. The molecule has 3 nitrogen and oxygen atoms in total. The molecule has 0 spiro atoms. The topological polar surface area (TPSA) is 37.4 Å². The molecule has 1 aliphatic rings. The van der Waals surface area contributed by atoms with Crippen LogP contribution in [0.4, 0.5) is 13.2 Å². The standard InChI is InChI=1S/C11H10BrClF3NO2S/c12-7-1-4-10(9(13)5-7)20(18,19)17(8-2-3-8)6-11(14,15)16/h1,4-5,8H,2-3,6H2.